The lowest BCUT2D eigenvalue weighted by atomic mass is 10.1. The number of nitrogens with zero attached hydrogens (tertiary/aromatic N) is 3. The highest BCUT2D eigenvalue weighted by molar-refractivity contribution is 6.42. The van der Waals surface area contributed by atoms with Crippen LogP contribution < -0.4 is 10.9 Å². The van der Waals surface area contributed by atoms with Crippen molar-refractivity contribution in [2.75, 3.05) is 11.9 Å². The van der Waals surface area contributed by atoms with E-state index in [1.165, 1.54) is 0 Å². The van der Waals surface area contributed by atoms with Crippen LogP contribution in [0.5, 0.6) is 0 Å². The molecule has 8 heteroatoms. The highest BCUT2D eigenvalue weighted by Gasteiger charge is 2.26. The van der Waals surface area contributed by atoms with Crippen LogP contribution in [0.4, 0.5) is 10.5 Å². The Morgan fingerprint density at radius 3 is 2.46 bits per heavy atom. The standard InChI is InChI=1S/C27H26Cl2N4O2/c1-5-32(27(35)30-19-11-13-22(28)23(29)15-19)18(4)25-31-24-9-7-6-8-21(24)26(34)33(25)20-12-10-16(2)17(3)14-20/h6-15,18H,5H2,1-4H3,(H,30,35)/t18-/m0/s1. The molecular weight excluding hydrogens is 483 g/mol. The van der Waals surface area contributed by atoms with E-state index >= 15 is 0 Å². The van der Waals surface area contributed by atoms with Gasteiger partial charge in [-0.2, -0.15) is 0 Å². The third kappa shape index (κ3) is 4.90. The zero-order chi connectivity index (χ0) is 25.3. The molecule has 0 aliphatic rings. The summed E-state index contributed by atoms with van der Waals surface area (Å²) in [6, 6.07) is 17.2. The summed E-state index contributed by atoms with van der Waals surface area (Å²) in [7, 11) is 0. The van der Waals surface area contributed by atoms with E-state index in [0.717, 1.165) is 11.1 Å². The maximum atomic E-state index is 13.7. The Balaban J connectivity index is 1.81. The van der Waals surface area contributed by atoms with Crippen LogP contribution in [0.1, 0.15) is 36.8 Å². The number of amides is 2. The summed E-state index contributed by atoms with van der Waals surface area (Å²) in [5.41, 5.74) is 3.82. The molecule has 1 aromatic heterocycles. The maximum Gasteiger partial charge on any atom is 0.322 e. The molecule has 0 unspecified atom stereocenters. The van der Waals surface area contributed by atoms with Crippen molar-refractivity contribution in [1.82, 2.24) is 14.5 Å². The molecule has 0 bridgehead atoms. The number of carbonyl (C=O) groups excluding carboxylic acids is 1. The van der Waals surface area contributed by atoms with E-state index in [2.05, 4.69) is 5.32 Å². The molecule has 0 fully saturated rings. The molecule has 1 atom stereocenters. The van der Waals surface area contributed by atoms with Crippen molar-refractivity contribution < 1.29 is 4.79 Å². The summed E-state index contributed by atoms with van der Waals surface area (Å²) in [5.74, 6) is 0.475. The van der Waals surface area contributed by atoms with E-state index in [9.17, 15) is 9.59 Å². The number of halogens is 2. The van der Waals surface area contributed by atoms with Gasteiger partial charge >= 0.3 is 6.03 Å². The zero-order valence-corrected chi connectivity index (χ0v) is 21.5. The Labute approximate surface area is 214 Å². The average Bonchev–Trinajstić information content (AvgIpc) is 2.83. The normalized spacial score (nSPS) is 11.9. The lowest BCUT2D eigenvalue weighted by Gasteiger charge is -2.29. The smallest absolute Gasteiger partial charge is 0.315 e. The first-order chi connectivity index (χ1) is 16.7. The monoisotopic (exact) mass is 508 g/mol. The van der Waals surface area contributed by atoms with Gasteiger partial charge in [0.25, 0.3) is 5.56 Å². The number of rotatable bonds is 5. The Kier molecular flexibility index (Phi) is 7.15. The number of hydrogen-bond donors (Lipinski definition) is 1. The molecule has 0 aliphatic heterocycles. The Morgan fingerprint density at radius 2 is 1.77 bits per heavy atom. The molecule has 35 heavy (non-hydrogen) atoms. The first-order valence-corrected chi connectivity index (χ1v) is 12.1. The number of benzene rings is 3. The van der Waals surface area contributed by atoms with Crippen molar-refractivity contribution in [1.29, 1.82) is 0 Å². The van der Waals surface area contributed by atoms with Crippen molar-refractivity contribution in [2.45, 2.75) is 33.7 Å². The maximum absolute atomic E-state index is 13.7. The highest BCUT2D eigenvalue weighted by Crippen LogP contribution is 2.27. The van der Waals surface area contributed by atoms with E-state index in [4.69, 9.17) is 28.2 Å². The summed E-state index contributed by atoms with van der Waals surface area (Å²) < 4.78 is 1.61. The van der Waals surface area contributed by atoms with Crippen LogP contribution in [0.3, 0.4) is 0 Å². The Hall–Kier alpha value is -3.35. The molecule has 1 heterocycles. The van der Waals surface area contributed by atoms with Gasteiger partial charge in [0.1, 0.15) is 5.82 Å². The van der Waals surface area contributed by atoms with Gasteiger partial charge in [-0.1, -0.05) is 41.4 Å². The minimum absolute atomic E-state index is 0.179. The first kappa shape index (κ1) is 24.8. The van der Waals surface area contributed by atoms with Crippen molar-refractivity contribution in [3.8, 4) is 5.69 Å². The largest absolute Gasteiger partial charge is 0.322 e. The number of carbonyl (C=O) groups is 1. The second-order valence-electron chi connectivity index (χ2n) is 8.42. The summed E-state index contributed by atoms with van der Waals surface area (Å²) >= 11 is 12.1. The number of aryl methyl sites for hydroxylation is 2. The number of nitrogens with one attached hydrogen (secondary N) is 1. The average molecular weight is 509 g/mol. The van der Waals surface area contributed by atoms with Crippen LogP contribution in [0.2, 0.25) is 10.0 Å². The number of para-hydroxylation sites is 1. The van der Waals surface area contributed by atoms with E-state index < -0.39 is 6.04 Å². The SMILES string of the molecule is CCN(C(=O)Nc1ccc(Cl)c(Cl)c1)[C@@H](C)c1nc2ccccc2c(=O)n1-c1ccc(C)c(C)c1. The van der Waals surface area contributed by atoms with E-state index in [1.807, 2.05) is 64.1 Å². The fourth-order valence-electron chi connectivity index (χ4n) is 4.05. The van der Waals surface area contributed by atoms with Crippen molar-refractivity contribution in [3.63, 3.8) is 0 Å². The van der Waals surface area contributed by atoms with Crippen molar-refractivity contribution in [3.05, 3.63) is 98.0 Å². The third-order valence-corrected chi connectivity index (χ3v) is 6.90. The van der Waals surface area contributed by atoms with Crippen LogP contribution in [-0.2, 0) is 0 Å². The zero-order valence-electron chi connectivity index (χ0n) is 20.0. The molecule has 1 N–H and O–H groups in total. The predicted molar refractivity (Wildman–Crippen MR) is 143 cm³/mol. The van der Waals surface area contributed by atoms with Gasteiger partial charge in [-0.3, -0.25) is 9.36 Å². The summed E-state index contributed by atoms with van der Waals surface area (Å²) in [5, 5.41) is 4.14. The van der Waals surface area contributed by atoms with E-state index in [1.54, 1.807) is 33.7 Å². The second kappa shape index (κ2) is 10.1. The van der Waals surface area contributed by atoms with Gasteiger partial charge in [0, 0.05) is 12.2 Å². The van der Waals surface area contributed by atoms with Gasteiger partial charge in [0.2, 0.25) is 0 Å². The number of aromatic nitrogens is 2. The molecule has 6 nitrogen and oxygen atoms in total. The number of fused-ring (bicyclic) bond motifs is 1. The van der Waals surface area contributed by atoms with Crippen LogP contribution in [0.15, 0.2) is 65.5 Å². The van der Waals surface area contributed by atoms with Gasteiger partial charge in [-0.15, -0.1) is 0 Å². The third-order valence-electron chi connectivity index (χ3n) is 6.16. The topological polar surface area (TPSA) is 67.2 Å². The lowest BCUT2D eigenvalue weighted by Crippen LogP contribution is -2.39. The molecule has 180 valence electrons. The number of anilines is 1. The van der Waals surface area contributed by atoms with Crippen LogP contribution in [0, 0.1) is 13.8 Å². The minimum Gasteiger partial charge on any atom is -0.315 e. The van der Waals surface area contributed by atoms with Gasteiger partial charge in [0.15, 0.2) is 0 Å². The fraction of sp³-hybridized carbons (Fsp3) is 0.222. The molecule has 0 spiro atoms. The van der Waals surface area contributed by atoms with Crippen LogP contribution in [0.25, 0.3) is 16.6 Å². The van der Waals surface area contributed by atoms with E-state index in [0.29, 0.717) is 44.7 Å². The van der Waals surface area contributed by atoms with Crippen LogP contribution in [-0.4, -0.2) is 27.0 Å². The number of urea groups is 1. The highest BCUT2D eigenvalue weighted by atomic mass is 35.5. The summed E-state index contributed by atoms with van der Waals surface area (Å²) in [4.78, 5) is 33.4. The molecule has 3 aromatic carbocycles. The molecule has 0 aliphatic carbocycles. The molecular formula is C27H26Cl2N4O2. The van der Waals surface area contributed by atoms with Gasteiger partial charge < -0.3 is 10.2 Å². The van der Waals surface area contributed by atoms with Crippen LogP contribution >= 0.6 is 23.2 Å². The minimum atomic E-state index is -0.512. The molecule has 4 aromatic rings. The number of hydrogen-bond acceptors (Lipinski definition) is 3. The molecule has 0 saturated heterocycles. The van der Waals surface area contributed by atoms with Gasteiger partial charge in [0.05, 0.1) is 32.7 Å². The van der Waals surface area contributed by atoms with Gasteiger partial charge in [-0.25, -0.2) is 9.78 Å². The second-order valence-corrected chi connectivity index (χ2v) is 9.23. The molecule has 0 radical (unpaired) electrons. The quantitative estimate of drug-likeness (QED) is 0.318. The summed E-state index contributed by atoms with van der Waals surface area (Å²) in [6.45, 7) is 8.17. The Morgan fingerprint density at radius 1 is 1.03 bits per heavy atom. The van der Waals surface area contributed by atoms with E-state index in [-0.39, 0.29) is 11.6 Å². The molecule has 4 rings (SSSR count). The van der Waals surface area contributed by atoms with Crippen molar-refractivity contribution in [2.24, 2.45) is 0 Å². The molecule has 0 saturated carbocycles. The van der Waals surface area contributed by atoms with Gasteiger partial charge in [-0.05, 0) is 81.3 Å². The summed E-state index contributed by atoms with van der Waals surface area (Å²) in [6.07, 6.45) is 0. The first-order valence-electron chi connectivity index (χ1n) is 11.3. The lowest BCUT2D eigenvalue weighted by molar-refractivity contribution is 0.193. The Bertz CT molecular complexity index is 1480. The fourth-order valence-corrected chi connectivity index (χ4v) is 4.34. The van der Waals surface area contributed by atoms with Crippen molar-refractivity contribution >= 4 is 45.8 Å². The predicted octanol–water partition coefficient (Wildman–Crippen LogP) is 6.92. The molecule has 2 amide bonds.